The first-order valence-electron chi connectivity index (χ1n) is 8.20. The second kappa shape index (κ2) is 5.53. The maximum atomic E-state index is 12.8. The van der Waals surface area contributed by atoms with Crippen LogP contribution in [0, 0.1) is 44.4 Å². The van der Waals surface area contributed by atoms with Gasteiger partial charge in [0.1, 0.15) is 5.78 Å². The zero-order chi connectivity index (χ0) is 16.0. The van der Waals surface area contributed by atoms with E-state index in [1.165, 1.54) is 5.56 Å². The summed E-state index contributed by atoms with van der Waals surface area (Å²) in [6, 6.07) is 4.20. The van der Waals surface area contributed by atoms with Gasteiger partial charge in [-0.1, -0.05) is 17.7 Å². The molecule has 2 aliphatic rings. The number of carboxylic acids is 1. The van der Waals surface area contributed by atoms with E-state index in [-0.39, 0.29) is 17.6 Å². The van der Waals surface area contributed by atoms with E-state index in [9.17, 15) is 14.7 Å². The van der Waals surface area contributed by atoms with E-state index in [1.54, 1.807) is 0 Å². The van der Waals surface area contributed by atoms with Crippen molar-refractivity contribution in [1.29, 1.82) is 0 Å². The van der Waals surface area contributed by atoms with Crippen LogP contribution in [-0.4, -0.2) is 16.9 Å². The summed E-state index contributed by atoms with van der Waals surface area (Å²) in [5.74, 6) is -0.840. The van der Waals surface area contributed by atoms with Gasteiger partial charge in [-0.2, -0.15) is 0 Å². The number of Topliss-reactive ketones (excluding diaryl/α,β-unsaturated/α-hetero) is 1. The number of carbonyl (C=O) groups is 2. The van der Waals surface area contributed by atoms with Crippen LogP contribution in [0.5, 0.6) is 0 Å². The van der Waals surface area contributed by atoms with Gasteiger partial charge in [-0.3, -0.25) is 9.59 Å². The largest absolute Gasteiger partial charge is 0.481 e. The Labute approximate surface area is 131 Å². The minimum Gasteiger partial charge on any atom is -0.481 e. The minimum absolute atomic E-state index is 0.134. The quantitative estimate of drug-likeness (QED) is 0.926. The molecule has 0 radical (unpaired) electrons. The topological polar surface area (TPSA) is 54.4 Å². The smallest absolute Gasteiger partial charge is 0.307 e. The SMILES string of the molecule is Cc1cc(C)c(CC(=O)C2C3CCC(C3)C2C(=O)O)c(C)c1. The van der Waals surface area contributed by atoms with E-state index < -0.39 is 11.9 Å². The molecule has 3 heteroatoms. The van der Waals surface area contributed by atoms with Crippen molar-refractivity contribution >= 4 is 11.8 Å². The molecule has 22 heavy (non-hydrogen) atoms. The summed E-state index contributed by atoms with van der Waals surface area (Å²) < 4.78 is 0. The van der Waals surface area contributed by atoms with E-state index in [2.05, 4.69) is 19.1 Å². The van der Waals surface area contributed by atoms with Crippen molar-refractivity contribution < 1.29 is 14.7 Å². The molecule has 4 unspecified atom stereocenters. The fraction of sp³-hybridized carbons (Fsp3) is 0.579. The first-order valence-corrected chi connectivity index (χ1v) is 8.20. The fourth-order valence-corrected chi connectivity index (χ4v) is 4.89. The Bertz CT molecular complexity index is 609. The maximum Gasteiger partial charge on any atom is 0.307 e. The predicted molar refractivity (Wildman–Crippen MR) is 84.8 cm³/mol. The van der Waals surface area contributed by atoms with Crippen LogP contribution in [0.1, 0.15) is 41.5 Å². The molecular weight excluding hydrogens is 276 g/mol. The molecule has 1 aromatic carbocycles. The fourth-order valence-electron chi connectivity index (χ4n) is 4.89. The molecule has 3 nitrogen and oxygen atoms in total. The summed E-state index contributed by atoms with van der Waals surface area (Å²) in [5, 5.41) is 9.51. The van der Waals surface area contributed by atoms with Crippen LogP contribution in [0.3, 0.4) is 0 Å². The number of fused-ring (bicyclic) bond motifs is 2. The van der Waals surface area contributed by atoms with Gasteiger partial charge >= 0.3 is 5.97 Å². The molecule has 118 valence electrons. The second-order valence-electron chi connectivity index (χ2n) is 7.24. The average Bonchev–Trinajstić information content (AvgIpc) is 3.02. The van der Waals surface area contributed by atoms with Gasteiger partial charge in [0, 0.05) is 12.3 Å². The van der Waals surface area contributed by atoms with Crippen LogP contribution in [0.25, 0.3) is 0 Å². The monoisotopic (exact) mass is 300 g/mol. The van der Waals surface area contributed by atoms with Gasteiger partial charge in [-0.25, -0.2) is 0 Å². The molecule has 4 atom stereocenters. The number of aliphatic carboxylic acids is 1. The third kappa shape index (κ3) is 2.47. The molecule has 0 saturated heterocycles. The van der Waals surface area contributed by atoms with Gasteiger partial charge in [-0.05, 0) is 68.6 Å². The van der Waals surface area contributed by atoms with Gasteiger partial charge in [0.05, 0.1) is 5.92 Å². The van der Waals surface area contributed by atoms with E-state index >= 15 is 0 Å². The number of rotatable bonds is 4. The maximum absolute atomic E-state index is 12.8. The number of aryl methyl sites for hydroxylation is 3. The molecule has 0 amide bonds. The Balaban J connectivity index is 1.84. The number of hydrogen-bond acceptors (Lipinski definition) is 2. The molecule has 2 bridgehead atoms. The Morgan fingerprint density at radius 2 is 1.59 bits per heavy atom. The highest BCUT2D eigenvalue weighted by atomic mass is 16.4. The lowest BCUT2D eigenvalue weighted by Crippen LogP contribution is -2.35. The van der Waals surface area contributed by atoms with Crippen molar-refractivity contribution in [3.63, 3.8) is 0 Å². The average molecular weight is 300 g/mol. The molecule has 0 aliphatic heterocycles. The Kier molecular flexibility index (Phi) is 3.84. The third-order valence-corrected chi connectivity index (χ3v) is 5.76. The van der Waals surface area contributed by atoms with Crippen LogP contribution in [0.4, 0.5) is 0 Å². The lowest BCUT2D eigenvalue weighted by Gasteiger charge is -2.27. The summed E-state index contributed by atoms with van der Waals surface area (Å²) in [5.41, 5.74) is 4.57. The molecule has 2 fully saturated rings. The Morgan fingerprint density at radius 1 is 1.05 bits per heavy atom. The van der Waals surface area contributed by atoms with Gasteiger partial charge in [0.15, 0.2) is 0 Å². The third-order valence-electron chi connectivity index (χ3n) is 5.76. The van der Waals surface area contributed by atoms with Crippen molar-refractivity contribution in [2.24, 2.45) is 23.7 Å². The normalized spacial score (nSPS) is 29.8. The molecule has 1 aromatic rings. The van der Waals surface area contributed by atoms with Crippen LogP contribution < -0.4 is 0 Å². The molecule has 0 heterocycles. The van der Waals surface area contributed by atoms with Gasteiger partial charge in [0.2, 0.25) is 0 Å². The van der Waals surface area contributed by atoms with Gasteiger partial charge in [-0.15, -0.1) is 0 Å². The molecule has 2 saturated carbocycles. The lowest BCUT2D eigenvalue weighted by molar-refractivity contribution is -0.148. The molecule has 2 aliphatic carbocycles. The predicted octanol–water partition coefficient (Wildman–Crippen LogP) is 3.47. The standard InChI is InChI=1S/C19H24O3/c1-10-6-11(2)15(12(3)7-10)9-16(20)17-13-4-5-14(8-13)18(17)19(21)22/h6-7,13-14,17-18H,4-5,8-9H2,1-3H3,(H,21,22). The zero-order valence-corrected chi connectivity index (χ0v) is 13.6. The first-order chi connectivity index (χ1) is 10.4. The molecule has 0 spiro atoms. The molecule has 0 aromatic heterocycles. The second-order valence-corrected chi connectivity index (χ2v) is 7.24. The summed E-state index contributed by atoms with van der Waals surface area (Å²) >= 11 is 0. The van der Waals surface area contributed by atoms with E-state index in [1.807, 2.05) is 13.8 Å². The van der Waals surface area contributed by atoms with Crippen molar-refractivity contribution in [2.45, 2.75) is 46.5 Å². The number of carboxylic acid groups (broad SMARTS) is 1. The van der Waals surface area contributed by atoms with E-state index in [0.29, 0.717) is 12.3 Å². The molecular formula is C19H24O3. The van der Waals surface area contributed by atoms with Gasteiger partial charge in [0.25, 0.3) is 0 Å². The number of benzene rings is 1. The van der Waals surface area contributed by atoms with Crippen LogP contribution in [-0.2, 0) is 16.0 Å². The summed E-state index contributed by atoms with van der Waals surface area (Å²) in [6.07, 6.45) is 3.32. The highest BCUT2D eigenvalue weighted by Crippen LogP contribution is 2.53. The first kappa shape index (κ1) is 15.3. The highest BCUT2D eigenvalue weighted by Gasteiger charge is 2.53. The van der Waals surface area contributed by atoms with E-state index in [0.717, 1.165) is 36.0 Å². The molecule has 3 rings (SSSR count). The van der Waals surface area contributed by atoms with Crippen LogP contribution in [0.2, 0.25) is 0 Å². The summed E-state index contributed by atoms with van der Waals surface area (Å²) in [6.45, 7) is 6.14. The van der Waals surface area contributed by atoms with Crippen molar-refractivity contribution in [3.05, 3.63) is 34.4 Å². The number of ketones is 1. The van der Waals surface area contributed by atoms with Crippen molar-refractivity contribution in [2.75, 3.05) is 0 Å². The van der Waals surface area contributed by atoms with Gasteiger partial charge < -0.3 is 5.11 Å². The van der Waals surface area contributed by atoms with Crippen molar-refractivity contribution in [3.8, 4) is 0 Å². The Morgan fingerprint density at radius 3 is 2.14 bits per heavy atom. The minimum atomic E-state index is -0.775. The number of carbonyl (C=O) groups excluding carboxylic acids is 1. The highest BCUT2D eigenvalue weighted by molar-refractivity contribution is 5.89. The lowest BCUT2D eigenvalue weighted by atomic mass is 9.75. The Hall–Kier alpha value is -1.64. The van der Waals surface area contributed by atoms with E-state index in [4.69, 9.17) is 0 Å². The van der Waals surface area contributed by atoms with Crippen LogP contribution in [0.15, 0.2) is 12.1 Å². The molecule has 1 N–H and O–H groups in total. The van der Waals surface area contributed by atoms with Crippen LogP contribution >= 0.6 is 0 Å². The summed E-state index contributed by atoms with van der Waals surface area (Å²) in [4.78, 5) is 24.4. The number of hydrogen-bond donors (Lipinski definition) is 1. The summed E-state index contributed by atoms with van der Waals surface area (Å²) in [7, 11) is 0. The zero-order valence-electron chi connectivity index (χ0n) is 13.6. The van der Waals surface area contributed by atoms with Crippen molar-refractivity contribution in [1.82, 2.24) is 0 Å².